The lowest BCUT2D eigenvalue weighted by Gasteiger charge is -2.17. The summed E-state index contributed by atoms with van der Waals surface area (Å²) in [5, 5.41) is 10.6. The molecule has 2 amide bonds. The minimum Gasteiger partial charge on any atom is -0.273 e. The van der Waals surface area contributed by atoms with Crippen LogP contribution in [0.25, 0.3) is 15.9 Å². The van der Waals surface area contributed by atoms with E-state index in [1.807, 2.05) is 4.40 Å². The maximum Gasteiger partial charge on any atom is 0.248 e. The summed E-state index contributed by atoms with van der Waals surface area (Å²) in [5.41, 5.74) is 7.07. The molecule has 3 aromatic rings. The molecule has 3 aromatic heterocycles. The van der Waals surface area contributed by atoms with Gasteiger partial charge in [0.1, 0.15) is 10.7 Å². The lowest BCUT2D eigenvalue weighted by molar-refractivity contribution is -0.129. The second-order valence-electron chi connectivity index (χ2n) is 8.04. The largest absolute Gasteiger partial charge is 0.273 e. The van der Waals surface area contributed by atoms with Gasteiger partial charge in [0.15, 0.2) is 10.8 Å². The summed E-state index contributed by atoms with van der Waals surface area (Å²) in [5.74, 6) is 1.01. The summed E-state index contributed by atoms with van der Waals surface area (Å²) >= 11 is 3.08. The van der Waals surface area contributed by atoms with E-state index in [1.54, 1.807) is 25.2 Å². The number of aromatic nitrogens is 4. The topological polar surface area (TPSA) is 101 Å². The van der Waals surface area contributed by atoms with Gasteiger partial charge in [0.05, 0.1) is 11.1 Å². The molecule has 0 saturated carbocycles. The van der Waals surface area contributed by atoms with Gasteiger partial charge in [0.25, 0.3) is 0 Å². The summed E-state index contributed by atoms with van der Waals surface area (Å²) in [6.07, 6.45) is 4.07. The van der Waals surface area contributed by atoms with Crippen molar-refractivity contribution in [2.45, 2.75) is 58.5 Å². The van der Waals surface area contributed by atoms with E-state index in [2.05, 4.69) is 34.9 Å². The van der Waals surface area contributed by atoms with Crippen LogP contribution >= 0.6 is 23.1 Å². The van der Waals surface area contributed by atoms with Gasteiger partial charge < -0.3 is 0 Å². The summed E-state index contributed by atoms with van der Waals surface area (Å²) in [7, 11) is 0. The lowest BCUT2D eigenvalue weighted by Crippen LogP contribution is -2.44. The van der Waals surface area contributed by atoms with Crippen molar-refractivity contribution in [2.24, 2.45) is 11.8 Å². The summed E-state index contributed by atoms with van der Waals surface area (Å²) in [6.45, 7) is 7.89. The molecule has 0 saturated heterocycles. The van der Waals surface area contributed by atoms with Gasteiger partial charge in [-0.1, -0.05) is 39.5 Å². The molecule has 0 spiro atoms. The first-order chi connectivity index (χ1) is 14.4. The van der Waals surface area contributed by atoms with Gasteiger partial charge in [-0.3, -0.25) is 24.8 Å². The summed E-state index contributed by atoms with van der Waals surface area (Å²) < 4.78 is 1.98. The van der Waals surface area contributed by atoms with Crippen LogP contribution in [0.1, 0.15) is 50.4 Å². The number of thiophene rings is 1. The molecule has 0 aliphatic heterocycles. The molecule has 0 aromatic carbocycles. The van der Waals surface area contributed by atoms with Crippen LogP contribution in [-0.4, -0.2) is 37.1 Å². The van der Waals surface area contributed by atoms with Crippen molar-refractivity contribution in [1.29, 1.82) is 0 Å². The molecule has 1 atom stereocenters. The Morgan fingerprint density at radius 2 is 2.10 bits per heavy atom. The minimum atomic E-state index is -0.292. The number of hydrogen-bond acceptors (Lipinski definition) is 7. The Morgan fingerprint density at radius 3 is 2.83 bits per heavy atom. The van der Waals surface area contributed by atoms with Crippen molar-refractivity contribution >= 4 is 50.8 Å². The van der Waals surface area contributed by atoms with Gasteiger partial charge in [0, 0.05) is 17.2 Å². The number of thioether (sulfide) groups is 1. The Labute approximate surface area is 183 Å². The van der Waals surface area contributed by atoms with E-state index in [-0.39, 0.29) is 23.5 Å². The number of rotatable bonds is 5. The number of fused-ring (bicyclic) bond motifs is 5. The van der Waals surface area contributed by atoms with Crippen LogP contribution in [0.4, 0.5) is 0 Å². The zero-order valence-corrected chi connectivity index (χ0v) is 19.2. The van der Waals surface area contributed by atoms with Gasteiger partial charge in [0.2, 0.25) is 11.8 Å². The highest BCUT2D eigenvalue weighted by Gasteiger charge is 2.25. The first-order valence-electron chi connectivity index (χ1n) is 10.3. The van der Waals surface area contributed by atoms with Gasteiger partial charge in [-0.2, -0.15) is 0 Å². The second kappa shape index (κ2) is 8.50. The fourth-order valence-electron chi connectivity index (χ4n) is 3.65. The zero-order chi connectivity index (χ0) is 21.4. The Hall–Kier alpha value is -2.20. The van der Waals surface area contributed by atoms with Crippen LogP contribution in [0.5, 0.6) is 0 Å². The number of aryl methyl sites for hydroxylation is 2. The Morgan fingerprint density at radius 1 is 1.30 bits per heavy atom. The van der Waals surface area contributed by atoms with Gasteiger partial charge >= 0.3 is 0 Å². The van der Waals surface area contributed by atoms with Crippen LogP contribution < -0.4 is 10.9 Å². The smallest absolute Gasteiger partial charge is 0.248 e. The van der Waals surface area contributed by atoms with Crippen molar-refractivity contribution in [3.63, 3.8) is 0 Å². The number of carbonyl (C=O) groups is 2. The van der Waals surface area contributed by atoms with Crippen molar-refractivity contribution in [1.82, 2.24) is 30.4 Å². The molecule has 1 aliphatic rings. The van der Waals surface area contributed by atoms with E-state index < -0.39 is 0 Å². The van der Waals surface area contributed by atoms with Gasteiger partial charge in [-0.25, -0.2) is 4.98 Å². The SMILES string of the molecule is CCc1nc2sc3c(c2c2nnc(SCC(=O)NNC(=O)C(C)C)n12)CC[C@H](C)C3. The molecule has 3 heterocycles. The number of nitrogens with zero attached hydrogens (tertiary/aromatic N) is 4. The maximum atomic E-state index is 12.1. The highest BCUT2D eigenvalue weighted by Crippen LogP contribution is 2.39. The third-order valence-corrected chi connectivity index (χ3v) is 7.41. The average molecular weight is 447 g/mol. The fourth-order valence-corrected chi connectivity index (χ4v) is 5.80. The highest BCUT2D eigenvalue weighted by atomic mass is 32.2. The molecule has 8 nitrogen and oxygen atoms in total. The summed E-state index contributed by atoms with van der Waals surface area (Å²) in [6, 6.07) is 0. The molecule has 1 aliphatic carbocycles. The van der Waals surface area contributed by atoms with E-state index in [1.165, 1.54) is 28.6 Å². The molecule has 4 rings (SSSR count). The number of nitrogens with one attached hydrogen (secondary N) is 2. The van der Waals surface area contributed by atoms with Crippen LogP contribution in [0.15, 0.2) is 5.16 Å². The summed E-state index contributed by atoms with van der Waals surface area (Å²) in [4.78, 5) is 31.1. The molecule has 2 N–H and O–H groups in total. The van der Waals surface area contributed by atoms with Crippen molar-refractivity contribution in [3.05, 3.63) is 16.3 Å². The molecule has 0 radical (unpaired) electrons. The van der Waals surface area contributed by atoms with E-state index in [0.717, 1.165) is 41.0 Å². The standard InChI is InChI=1S/C20H26N6O2S2/c1-5-14-21-19-16(12-7-6-11(4)8-13(12)30-19)17-23-25-20(26(14)17)29-9-15(27)22-24-18(28)10(2)3/h10-11H,5-9H2,1-4H3,(H,22,27)(H,24,28)/t11-/m0/s1. The number of hydrogen-bond donors (Lipinski definition) is 2. The maximum absolute atomic E-state index is 12.1. The molecule has 0 unspecified atom stereocenters. The Bertz CT molecular complexity index is 1120. The highest BCUT2D eigenvalue weighted by molar-refractivity contribution is 7.99. The second-order valence-corrected chi connectivity index (χ2v) is 10.1. The average Bonchev–Trinajstić information content (AvgIpc) is 3.29. The molecule has 160 valence electrons. The van der Waals surface area contributed by atoms with E-state index >= 15 is 0 Å². The third-order valence-electron chi connectivity index (χ3n) is 5.34. The number of hydrazine groups is 1. The third kappa shape index (κ3) is 3.90. The van der Waals surface area contributed by atoms with Crippen LogP contribution in [0, 0.1) is 11.8 Å². The van der Waals surface area contributed by atoms with Crippen LogP contribution in [-0.2, 0) is 28.9 Å². The van der Waals surface area contributed by atoms with Crippen molar-refractivity contribution < 1.29 is 9.59 Å². The first-order valence-corrected chi connectivity index (χ1v) is 12.1. The number of amides is 2. The van der Waals surface area contributed by atoms with E-state index in [4.69, 9.17) is 4.98 Å². The Balaban J connectivity index is 1.61. The first kappa shape index (κ1) is 21.0. The fraction of sp³-hybridized carbons (Fsp3) is 0.550. The van der Waals surface area contributed by atoms with Gasteiger partial charge in [-0.05, 0) is 30.7 Å². The van der Waals surface area contributed by atoms with E-state index in [0.29, 0.717) is 11.1 Å². The van der Waals surface area contributed by atoms with Gasteiger partial charge in [-0.15, -0.1) is 21.5 Å². The minimum absolute atomic E-state index is 0.125. The van der Waals surface area contributed by atoms with E-state index in [9.17, 15) is 9.59 Å². The quantitative estimate of drug-likeness (QED) is 0.462. The lowest BCUT2D eigenvalue weighted by atomic mass is 9.89. The zero-order valence-electron chi connectivity index (χ0n) is 17.6. The molecule has 0 bridgehead atoms. The van der Waals surface area contributed by atoms with Crippen LogP contribution in [0.3, 0.4) is 0 Å². The molecule has 10 heteroatoms. The predicted molar refractivity (Wildman–Crippen MR) is 119 cm³/mol. The normalized spacial score (nSPS) is 16.2. The predicted octanol–water partition coefficient (Wildman–Crippen LogP) is 2.92. The molecule has 0 fully saturated rings. The van der Waals surface area contributed by atoms with Crippen molar-refractivity contribution in [3.8, 4) is 0 Å². The van der Waals surface area contributed by atoms with Crippen molar-refractivity contribution in [2.75, 3.05) is 5.75 Å². The molecular weight excluding hydrogens is 420 g/mol. The van der Waals surface area contributed by atoms with Crippen LogP contribution in [0.2, 0.25) is 0 Å². The molecule has 30 heavy (non-hydrogen) atoms. The molecular formula is C20H26N6O2S2. The number of carbonyl (C=O) groups excluding carboxylic acids is 2. The Kier molecular flexibility index (Phi) is 5.97. The monoisotopic (exact) mass is 446 g/mol.